The summed E-state index contributed by atoms with van der Waals surface area (Å²) in [5, 5.41) is 4.62. The molecule has 0 radical (unpaired) electrons. The minimum atomic E-state index is -0.403. The largest absolute Gasteiger partial charge is 0.352 e. The second kappa shape index (κ2) is 4.99. The van der Waals surface area contributed by atoms with Crippen LogP contribution in [0.3, 0.4) is 0 Å². The molecule has 5 N–H and O–H groups in total. The molecule has 2 fully saturated rings. The Balaban J connectivity index is 1.60. The van der Waals surface area contributed by atoms with Gasteiger partial charge in [0, 0.05) is 38.8 Å². The number of rotatable bonds is 3. The lowest BCUT2D eigenvalue weighted by atomic mass is 9.80. The van der Waals surface area contributed by atoms with E-state index in [-0.39, 0.29) is 0 Å². The predicted octanol–water partition coefficient (Wildman–Crippen LogP) is -1.08. The number of hydrogen-bond acceptors (Lipinski definition) is 4. The van der Waals surface area contributed by atoms with E-state index < -0.39 is 6.03 Å². The van der Waals surface area contributed by atoms with Gasteiger partial charge in [0.15, 0.2) is 0 Å². The van der Waals surface area contributed by atoms with Crippen LogP contribution in [0.5, 0.6) is 0 Å². The zero-order chi connectivity index (χ0) is 11.5. The van der Waals surface area contributed by atoms with Gasteiger partial charge in [-0.3, -0.25) is 5.84 Å². The maximum Gasteiger partial charge on any atom is 0.312 e. The molecule has 2 aliphatic rings. The Kier molecular flexibility index (Phi) is 3.63. The molecule has 1 saturated heterocycles. The molecule has 0 spiro atoms. The Morgan fingerprint density at radius 3 is 2.44 bits per heavy atom. The van der Waals surface area contributed by atoms with Crippen molar-refractivity contribution in [1.29, 1.82) is 0 Å². The zero-order valence-corrected chi connectivity index (χ0v) is 9.56. The quantitative estimate of drug-likeness (QED) is 0.535. The van der Waals surface area contributed by atoms with Crippen molar-refractivity contribution in [1.82, 2.24) is 15.2 Å². The molecule has 0 aromatic rings. The topological polar surface area (TPSA) is 87.6 Å². The summed E-state index contributed by atoms with van der Waals surface area (Å²) in [7, 11) is 0. The maximum atomic E-state index is 10.6. The van der Waals surface area contributed by atoms with Crippen molar-refractivity contribution in [2.45, 2.75) is 18.9 Å². The fourth-order valence-electron chi connectivity index (χ4n) is 2.51. The lowest BCUT2D eigenvalue weighted by Gasteiger charge is -2.40. The molecule has 0 aromatic carbocycles. The summed E-state index contributed by atoms with van der Waals surface area (Å²) in [6.45, 7) is 5.15. The third-order valence-corrected chi connectivity index (χ3v) is 3.51. The molecule has 1 heterocycles. The number of urea groups is 1. The number of hydrogen-bond donors (Lipinski definition) is 3. The van der Waals surface area contributed by atoms with Crippen molar-refractivity contribution < 1.29 is 4.79 Å². The van der Waals surface area contributed by atoms with Gasteiger partial charge in [0.2, 0.25) is 0 Å². The zero-order valence-electron chi connectivity index (χ0n) is 9.56. The molecule has 0 unspecified atom stereocenters. The standard InChI is InChI=1S/C10H21N5O/c11-10(16)13-9-5-8(6-9)7-14-1-3-15(12)4-2-14/h8-9H,1-7,12H2,(H3,11,13,16). The molecule has 16 heavy (non-hydrogen) atoms. The number of nitrogens with two attached hydrogens (primary N) is 2. The van der Waals surface area contributed by atoms with Gasteiger partial charge >= 0.3 is 6.03 Å². The Labute approximate surface area is 95.9 Å². The van der Waals surface area contributed by atoms with Gasteiger partial charge in [-0.1, -0.05) is 0 Å². The first kappa shape index (κ1) is 11.6. The first-order valence-electron chi connectivity index (χ1n) is 5.91. The average Bonchev–Trinajstić information content (AvgIpc) is 2.17. The fraction of sp³-hybridized carbons (Fsp3) is 0.900. The van der Waals surface area contributed by atoms with E-state index in [2.05, 4.69) is 10.2 Å². The summed E-state index contributed by atoms with van der Waals surface area (Å²) in [5.41, 5.74) is 5.07. The number of primary amides is 1. The minimum absolute atomic E-state index is 0.304. The van der Waals surface area contributed by atoms with Gasteiger partial charge in [0.25, 0.3) is 0 Å². The molecular weight excluding hydrogens is 206 g/mol. The van der Waals surface area contributed by atoms with Gasteiger partial charge in [0.1, 0.15) is 0 Å². The molecule has 1 aliphatic heterocycles. The van der Waals surface area contributed by atoms with Crippen LogP contribution in [0, 0.1) is 5.92 Å². The van der Waals surface area contributed by atoms with Crippen LogP contribution in [0.15, 0.2) is 0 Å². The van der Waals surface area contributed by atoms with Gasteiger partial charge < -0.3 is 16.0 Å². The van der Waals surface area contributed by atoms with Crippen LogP contribution < -0.4 is 16.9 Å². The first-order chi connectivity index (χ1) is 7.63. The lowest BCUT2D eigenvalue weighted by Crippen LogP contribution is -2.53. The van der Waals surface area contributed by atoms with Gasteiger partial charge in [-0.15, -0.1) is 0 Å². The Bertz CT molecular complexity index is 246. The Morgan fingerprint density at radius 2 is 1.88 bits per heavy atom. The van der Waals surface area contributed by atoms with E-state index in [9.17, 15) is 4.79 Å². The fourth-order valence-corrected chi connectivity index (χ4v) is 2.51. The number of carbonyl (C=O) groups excluding carboxylic acids is 1. The van der Waals surface area contributed by atoms with Crippen molar-refractivity contribution in [3.8, 4) is 0 Å². The number of amides is 2. The van der Waals surface area contributed by atoms with Crippen molar-refractivity contribution in [2.24, 2.45) is 17.5 Å². The first-order valence-corrected chi connectivity index (χ1v) is 5.91. The van der Waals surface area contributed by atoms with Crippen molar-refractivity contribution >= 4 is 6.03 Å². The molecule has 0 bridgehead atoms. The third-order valence-electron chi connectivity index (χ3n) is 3.51. The van der Waals surface area contributed by atoms with Gasteiger partial charge in [-0.2, -0.15) is 0 Å². The van der Waals surface area contributed by atoms with Crippen molar-refractivity contribution in [2.75, 3.05) is 32.7 Å². The average molecular weight is 227 g/mol. The Morgan fingerprint density at radius 1 is 1.25 bits per heavy atom. The van der Waals surface area contributed by atoms with Crippen LogP contribution in [-0.4, -0.2) is 54.7 Å². The molecule has 6 nitrogen and oxygen atoms in total. The number of nitrogens with zero attached hydrogens (tertiary/aromatic N) is 2. The summed E-state index contributed by atoms with van der Waals surface area (Å²) in [5.74, 6) is 6.41. The molecule has 0 aromatic heterocycles. The number of hydrazine groups is 1. The summed E-state index contributed by atoms with van der Waals surface area (Å²) in [6, 6.07) is -0.0986. The highest BCUT2D eigenvalue weighted by Crippen LogP contribution is 2.28. The second-order valence-corrected chi connectivity index (χ2v) is 4.88. The number of nitrogens with one attached hydrogen (secondary N) is 1. The highest BCUT2D eigenvalue weighted by molar-refractivity contribution is 5.72. The van der Waals surface area contributed by atoms with Crippen molar-refractivity contribution in [3.05, 3.63) is 0 Å². The van der Waals surface area contributed by atoms with E-state index in [1.165, 1.54) is 0 Å². The van der Waals surface area contributed by atoms with Crippen LogP contribution in [0.2, 0.25) is 0 Å². The molecule has 6 heteroatoms. The number of carbonyl (C=O) groups is 1. The normalized spacial score (nSPS) is 32.1. The molecule has 2 rings (SSSR count). The smallest absolute Gasteiger partial charge is 0.312 e. The molecule has 1 aliphatic carbocycles. The third kappa shape index (κ3) is 3.07. The highest BCUT2D eigenvalue weighted by Gasteiger charge is 2.31. The van der Waals surface area contributed by atoms with Crippen LogP contribution in [0.25, 0.3) is 0 Å². The summed E-state index contributed by atoms with van der Waals surface area (Å²) in [4.78, 5) is 13.1. The highest BCUT2D eigenvalue weighted by atomic mass is 16.2. The van der Waals surface area contributed by atoms with E-state index in [1.807, 2.05) is 5.01 Å². The molecular formula is C10H21N5O. The van der Waals surface area contributed by atoms with Crippen LogP contribution in [-0.2, 0) is 0 Å². The molecule has 92 valence electrons. The van der Waals surface area contributed by atoms with Gasteiger partial charge in [-0.05, 0) is 18.8 Å². The van der Waals surface area contributed by atoms with E-state index >= 15 is 0 Å². The van der Waals surface area contributed by atoms with E-state index in [0.717, 1.165) is 45.6 Å². The van der Waals surface area contributed by atoms with E-state index in [0.29, 0.717) is 12.0 Å². The summed E-state index contributed by atoms with van der Waals surface area (Å²) >= 11 is 0. The van der Waals surface area contributed by atoms with Gasteiger partial charge in [0.05, 0.1) is 0 Å². The maximum absolute atomic E-state index is 10.6. The summed E-state index contributed by atoms with van der Waals surface area (Å²) in [6.07, 6.45) is 2.12. The lowest BCUT2D eigenvalue weighted by molar-refractivity contribution is 0.0904. The van der Waals surface area contributed by atoms with Crippen molar-refractivity contribution in [3.63, 3.8) is 0 Å². The van der Waals surface area contributed by atoms with Crippen LogP contribution in [0.1, 0.15) is 12.8 Å². The van der Waals surface area contributed by atoms with Crippen LogP contribution in [0.4, 0.5) is 4.79 Å². The van der Waals surface area contributed by atoms with Gasteiger partial charge in [-0.25, -0.2) is 9.80 Å². The molecule has 0 atom stereocenters. The van der Waals surface area contributed by atoms with E-state index in [4.69, 9.17) is 11.6 Å². The second-order valence-electron chi connectivity index (χ2n) is 4.88. The predicted molar refractivity (Wildman–Crippen MR) is 61.4 cm³/mol. The van der Waals surface area contributed by atoms with Crippen LogP contribution >= 0.6 is 0 Å². The molecule has 1 saturated carbocycles. The van der Waals surface area contributed by atoms with E-state index in [1.54, 1.807) is 0 Å². The minimum Gasteiger partial charge on any atom is -0.352 e. The monoisotopic (exact) mass is 227 g/mol. The Hall–Kier alpha value is -0.850. The SMILES string of the molecule is NC(=O)NC1CC(CN2CCN(N)CC2)C1. The summed E-state index contributed by atoms with van der Waals surface area (Å²) < 4.78 is 0. The molecule has 2 amide bonds. The number of piperazine rings is 1.